The number of rotatable bonds is 3. The summed E-state index contributed by atoms with van der Waals surface area (Å²) >= 11 is 0. The van der Waals surface area contributed by atoms with Crippen LogP contribution in [-0.2, 0) is 12.7 Å². The Morgan fingerprint density at radius 2 is 2.10 bits per heavy atom. The smallest absolute Gasteiger partial charge is 0.433 e. The first-order valence-corrected chi connectivity index (χ1v) is 5.63. The maximum Gasteiger partial charge on any atom is 0.433 e. The molecule has 0 N–H and O–H groups in total. The van der Waals surface area contributed by atoms with Crippen molar-refractivity contribution in [1.82, 2.24) is 4.98 Å². The highest BCUT2D eigenvalue weighted by molar-refractivity contribution is 5.54. The van der Waals surface area contributed by atoms with E-state index in [4.69, 9.17) is 9.68 Å². The molecule has 0 aliphatic heterocycles. The van der Waals surface area contributed by atoms with Gasteiger partial charge in [-0.05, 0) is 24.3 Å². The van der Waals surface area contributed by atoms with Crippen LogP contribution in [0.25, 0.3) is 0 Å². The number of aromatic nitrogens is 1. The fourth-order valence-electron chi connectivity index (χ4n) is 1.70. The summed E-state index contributed by atoms with van der Waals surface area (Å²) in [6, 6.07) is 7.11. The van der Waals surface area contributed by atoms with Crippen molar-refractivity contribution in [3.05, 3.63) is 47.5 Å². The van der Waals surface area contributed by atoms with E-state index in [0.717, 1.165) is 12.1 Å². The number of anilines is 1. The lowest BCUT2D eigenvalue weighted by Gasteiger charge is -2.19. The second-order valence-electron chi connectivity index (χ2n) is 4.11. The summed E-state index contributed by atoms with van der Waals surface area (Å²) in [4.78, 5) is 4.97. The molecule has 2 rings (SSSR count). The Morgan fingerprint density at radius 3 is 2.65 bits per heavy atom. The van der Waals surface area contributed by atoms with E-state index in [2.05, 4.69) is 4.98 Å². The van der Waals surface area contributed by atoms with E-state index in [-0.39, 0.29) is 17.9 Å². The minimum absolute atomic E-state index is 0.0290. The molecule has 0 atom stereocenters. The van der Waals surface area contributed by atoms with Gasteiger partial charge in [-0.1, -0.05) is 0 Å². The Hall–Kier alpha value is -2.49. The van der Waals surface area contributed by atoms with Gasteiger partial charge in [0.25, 0.3) is 0 Å². The zero-order valence-corrected chi connectivity index (χ0v) is 10.5. The summed E-state index contributed by atoms with van der Waals surface area (Å²) in [6.07, 6.45) is -3.08. The van der Waals surface area contributed by atoms with E-state index in [1.54, 1.807) is 19.2 Å². The summed E-state index contributed by atoms with van der Waals surface area (Å²) in [7, 11) is 1.55. The number of pyridine rings is 1. The summed E-state index contributed by atoms with van der Waals surface area (Å²) in [5, 5.41) is 8.97. The Bertz CT molecular complexity index is 629. The Balaban J connectivity index is 2.35. The minimum Gasteiger partial charge on any atom is -0.467 e. The second-order valence-corrected chi connectivity index (χ2v) is 4.11. The Morgan fingerprint density at radius 1 is 1.35 bits per heavy atom. The molecular weight excluding hydrogens is 271 g/mol. The average Bonchev–Trinajstić information content (AvgIpc) is 2.89. The van der Waals surface area contributed by atoms with Crippen LogP contribution in [0.1, 0.15) is 17.0 Å². The fourth-order valence-corrected chi connectivity index (χ4v) is 1.70. The number of hydrogen-bond acceptors (Lipinski definition) is 4. The van der Waals surface area contributed by atoms with Crippen molar-refractivity contribution in [3.63, 3.8) is 0 Å². The van der Waals surface area contributed by atoms with Gasteiger partial charge in [-0.15, -0.1) is 0 Å². The molecule has 0 aliphatic carbocycles. The van der Waals surface area contributed by atoms with Crippen LogP contribution in [0, 0.1) is 11.3 Å². The van der Waals surface area contributed by atoms with Gasteiger partial charge in [-0.3, -0.25) is 0 Å². The first kappa shape index (κ1) is 13.9. The molecular formula is C13H10F3N3O. The van der Waals surface area contributed by atoms with Crippen LogP contribution in [-0.4, -0.2) is 12.0 Å². The van der Waals surface area contributed by atoms with Crippen LogP contribution in [0.4, 0.5) is 19.0 Å². The van der Waals surface area contributed by atoms with Crippen molar-refractivity contribution < 1.29 is 17.6 Å². The molecule has 0 aliphatic rings. The SMILES string of the molecule is CN(Cc1ccco1)c1nc(C(F)(F)F)ccc1C#N. The van der Waals surface area contributed by atoms with Gasteiger partial charge in [-0.2, -0.15) is 18.4 Å². The lowest BCUT2D eigenvalue weighted by Crippen LogP contribution is -2.20. The number of furan rings is 1. The monoisotopic (exact) mass is 281 g/mol. The molecule has 104 valence electrons. The lowest BCUT2D eigenvalue weighted by molar-refractivity contribution is -0.141. The van der Waals surface area contributed by atoms with Crippen molar-refractivity contribution in [2.75, 3.05) is 11.9 Å². The molecule has 2 aromatic rings. The first-order valence-electron chi connectivity index (χ1n) is 5.63. The van der Waals surface area contributed by atoms with Gasteiger partial charge in [0, 0.05) is 7.05 Å². The van der Waals surface area contributed by atoms with E-state index < -0.39 is 11.9 Å². The lowest BCUT2D eigenvalue weighted by atomic mass is 10.2. The van der Waals surface area contributed by atoms with Gasteiger partial charge in [0.1, 0.15) is 23.3 Å². The molecule has 0 unspecified atom stereocenters. The van der Waals surface area contributed by atoms with Gasteiger partial charge in [0.05, 0.1) is 18.4 Å². The third-order valence-corrected chi connectivity index (χ3v) is 2.62. The molecule has 20 heavy (non-hydrogen) atoms. The largest absolute Gasteiger partial charge is 0.467 e. The molecule has 0 saturated heterocycles. The Labute approximate surface area is 113 Å². The van der Waals surface area contributed by atoms with E-state index in [0.29, 0.717) is 5.76 Å². The number of halogens is 3. The van der Waals surface area contributed by atoms with Crippen LogP contribution in [0.3, 0.4) is 0 Å². The predicted octanol–water partition coefficient (Wildman–Crippen LogP) is 3.20. The molecule has 0 spiro atoms. The van der Waals surface area contributed by atoms with Crippen LogP contribution in [0.2, 0.25) is 0 Å². The zero-order chi connectivity index (χ0) is 14.8. The third-order valence-electron chi connectivity index (χ3n) is 2.62. The maximum absolute atomic E-state index is 12.7. The topological polar surface area (TPSA) is 53.1 Å². The normalized spacial score (nSPS) is 11.2. The van der Waals surface area contributed by atoms with Crippen LogP contribution in [0.5, 0.6) is 0 Å². The van der Waals surface area contributed by atoms with Crippen molar-refractivity contribution in [3.8, 4) is 6.07 Å². The molecule has 0 radical (unpaired) electrons. The standard InChI is InChI=1S/C13H10F3N3O/c1-19(8-10-3-2-6-20-10)12-9(7-17)4-5-11(18-12)13(14,15)16/h2-6H,8H2,1H3. The number of hydrogen-bond donors (Lipinski definition) is 0. The highest BCUT2D eigenvalue weighted by Gasteiger charge is 2.33. The summed E-state index contributed by atoms with van der Waals surface area (Å²) < 4.78 is 43.1. The van der Waals surface area contributed by atoms with Crippen LogP contribution >= 0.6 is 0 Å². The maximum atomic E-state index is 12.7. The summed E-state index contributed by atoms with van der Waals surface area (Å²) in [5.41, 5.74) is -0.954. The first-order chi connectivity index (χ1) is 9.41. The van der Waals surface area contributed by atoms with Gasteiger partial charge < -0.3 is 9.32 Å². The molecule has 2 aromatic heterocycles. The third kappa shape index (κ3) is 2.91. The van der Waals surface area contributed by atoms with Gasteiger partial charge in [0.15, 0.2) is 0 Å². The van der Waals surface area contributed by atoms with Crippen LogP contribution in [0.15, 0.2) is 34.9 Å². The van der Waals surface area contributed by atoms with Crippen molar-refractivity contribution in [2.45, 2.75) is 12.7 Å². The van der Waals surface area contributed by atoms with Crippen LogP contribution < -0.4 is 4.90 Å². The van der Waals surface area contributed by atoms with Gasteiger partial charge in [0.2, 0.25) is 0 Å². The molecule has 4 nitrogen and oxygen atoms in total. The summed E-state index contributed by atoms with van der Waals surface area (Å²) in [5.74, 6) is 0.536. The molecule has 0 fully saturated rings. The van der Waals surface area contributed by atoms with E-state index in [9.17, 15) is 13.2 Å². The molecule has 0 aromatic carbocycles. The number of alkyl halides is 3. The quantitative estimate of drug-likeness (QED) is 0.867. The van der Waals surface area contributed by atoms with Crippen molar-refractivity contribution >= 4 is 5.82 Å². The molecule has 0 amide bonds. The fraction of sp³-hybridized carbons (Fsp3) is 0.231. The van der Waals surface area contributed by atoms with Crippen molar-refractivity contribution in [2.24, 2.45) is 0 Å². The molecule has 0 saturated carbocycles. The van der Waals surface area contributed by atoms with Gasteiger partial charge in [-0.25, -0.2) is 4.98 Å². The number of nitriles is 1. The minimum atomic E-state index is -4.55. The highest BCUT2D eigenvalue weighted by atomic mass is 19.4. The second kappa shape index (κ2) is 5.25. The number of nitrogens with zero attached hydrogens (tertiary/aromatic N) is 3. The van der Waals surface area contributed by atoms with E-state index >= 15 is 0 Å². The Kier molecular flexibility index (Phi) is 3.66. The molecule has 7 heteroatoms. The average molecular weight is 281 g/mol. The molecule has 2 heterocycles. The predicted molar refractivity (Wildman–Crippen MR) is 64.8 cm³/mol. The summed E-state index contributed by atoms with van der Waals surface area (Å²) in [6.45, 7) is 0.218. The van der Waals surface area contributed by atoms with Gasteiger partial charge >= 0.3 is 6.18 Å². The van der Waals surface area contributed by atoms with Crippen molar-refractivity contribution in [1.29, 1.82) is 5.26 Å². The molecule has 0 bridgehead atoms. The highest BCUT2D eigenvalue weighted by Crippen LogP contribution is 2.30. The zero-order valence-electron chi connectivity index (χ0n) is 10.5. The van der Waals surface area contributed by atoms with E-state index in [1.165, 1.54) is 11.2 Å². The van der Waals surface area contributed by atoms with E-state index in [1.807, 2.05) is 6.07 Å².